The van der Waals surface area contributed by atoms with Crippen LogP contribution in [0.3, 0.4) is 0 Å². The Morgan fingerprint density at radius 2 is 1.76 bits per heavy atom. The van der Waals surface area contributed by atoms with Gasteiger partial charge in [0.05, 0.1) is 18.1 Å². The van der Waals surface area contributed by atoms with Gasteiger partial charge in [-0.05, 0) is 19.1 Å². The molecular formula is C11H14O5S. The van der Waals surface area contributed by atoms with Gasteiger partial charge in [0.25, 0.3) is 10.1 Å². The third kappa shape index (κ3) is 3.26. The zero-order chi connectivity index (χ0) is 12.3. The van der Waals surface area contributed by atoms with Gasteiger partial charge in [-0.1, -0.05) is 17.7 Å². The van der Waals surface area contributed by atoms with Crippen molar-refractivity contribution in [1.29, 1.82) is 0 Å². The van der Waals surface area contributed by atoms with E-state index in [2.05, 4.69) is 0 Å². The van der Waals surface area contributed by atoms with Crippen LogP contribution in [0.1, 0.15) is 5.56 Å². The standard InChI is InChI=1S/C11H14O5S/c1-9-2-4-11(5-3-9)17(12,13)16-10-6-14-8-15-7-10/h2-5,10H,6-8H2,1H3. The third-order valence-electron chi connectivity index (χ3n) is 2.35. The van der Waals surface area contributed by atoms with Crippen LogP contribution >= 0.6 is 0 Å². The fourth-order valence-corrected chi connectivity index (χ4v) is 2.51. The Labute approximate surface area is 100 Å². The van der Waals surface area contributed by atoms with Gasteiger partial charge in [0.1, 0.15) is 12.9 Å². The molecule has 0 N–H and O–H groups in total. The van der Waals surface area contributed by atoms with Gasteiger partial charge in [-0.25, -0.2) is 0 Å². The summed E-state index contributed by atoms with van der Waals surface area (Å²) in [6.07, 6.45) is -0.574. The molecule has 1 heterocycles. The number of ether oxygens (including phenoxy) is 2. The maximum Gasteiger partial charge on any atom is 0.297 e. The Hall–Kier alpha value is -0.950. The topological polar surface area (TPSA) is 61.8 Å². The number of aryl methyl sites for hydroxylation is 1. The van der Waals surface area contributed by atoms with Gasteiger partial charge in [0.15, 0.2) is 0 Å². The van der Waals surface area contributed by atoms with Gasteiger partial charge in [0.2, 0.25) is 0 Å². The molecule has 6 heteroatoms. The van der Waals surface area contributed by atoms with Crippen LogP contribution in [0.5, 0.6) is 0 Å². The van der Waals surface area contributed by atoms with Crippen molar-refractivity contribution in [3.05, 3.63) is 29.8 Å². The van der Waals surface area contributed by atoms with Crippen molar-refractivity contribution in [2.75, 3.05) is 20.0 Å². The lowest BCUT2D eigenvalue weighted by molar-refractivity contribution is -0.142. The first-order valence-electron chi connectivity index (χ1n) is 5.23. The summed E-state index contributed by atoms with van der Waals surface area (Å²) >= 11 is 0. The zero-order valence-electron chi connectivity index (χ0n) is 9.46. The maximum atomic E-state index is 11.9. The molecule has 2 rings (SSSR count). The highest BCUT2D eigenvalue weighted by Crippen LogP contribution is 2.16. The molecule has 0 aromatic heterocycles. The minimum Gasteiger partial charge on any atom is -0.353 e. The molecule has 1 aromatic rings. The molecule has 17 heavy (non-hydrogen) atoms. The molecule has 0 radical (unpaired) electrons. The number of hydrogen-bond acceptors (Lipinski definition) is 5. The van der Waals surface area contributed by atoms with Crippen LogP contribution in [0.25, 0.3) is 0 Å². The van der Waals surface area contributed by atoms with Crippen LogP contribution in [0, 0.1) is 6.92 Å². The van der Waals surface area contributed by atoms with Crippen molar-refractivity contribution in [2.45, 2.75) is 17.9 Å². The average Bonchev–Trinajstić information content (AvgIpc) is 2.30. The molecule has 0 saturated carbocycles. The number of benzene rings is 1. The monoisotopic (exact) mass is 258 g/mol. The largest absolute Gasteiger partial charge is 0.353 e. The van der Waals surface area contributed by atoms with Crippen LogP contribution in [0.4, 0.5) is 0 Å². The van der Waals surface area contributed by atoms with Crippen molar-refractivity contribution in [1.82, 2.24) is 0 Å². The summed E-state index contributed by atoms with van der Waals surface area (Å²) in [5.41, 5.74) is 0.994. The summed E-state index contributed by atoms with van der Waals surface area (Å²) in [7, 11) is -3.74. The molecule has 0 unspecified atom stereocenters. The molecule has 1 fully saturated rings. The highest BCUT2D eigenvalue weighted by Gasteiger charge is 2.24. The Morgan fingerprint density at radius 1 is 1.18 bits per heavy atom. The van der Waals surface area contributed by atoms with Crippen molar-refractivity contribution in [3.63, 3.8) is 0 Å². The Morgan fingerprint density at radius 3 is 2.35 bits per heavy atom. The van der Waals surface area contributed by atoms with Gasteiger partial charge in [-0.15, -0.1) is 0 Å². The summed E-state index contributed by atoms with van der Waals surface area (Å²) < 4.78 is 38.7. The number of hydrogen-bond donors (Lipinski definition) is 0. The highest BCUT2D eigenvalue weighted by atomic mass is 32.2. The lowest BCUT2D eigenvalue weighted by Gasteiger charge is -2.22. The van der Waals surface area contributed by atoms with Gasteiger partial charge in [-0.3, -0.25) is 4.18 Å². The van der Waals surface area contributed by atoms with Crippen LogP contribution in [-0.4, -0.2) is 34.5 Å². The first kappa shape index (κ1) is 12.5. The van der Waals surface area contributed by atoms with Crippen molar-refractivity contribution >= 4 is 10.1 Å². The fraction of sp³-hybridized carbons (Fsp3) is 0.455. The first-order chi connectivity index (χ1) is 8.08. The van der Waals surface area contributed by atoms with E-state index < -0.39 is 16.2 Å². The van der Waals surface area contributed by atoms with E-state index in [4.69, 9.17) is 13.7 Å². The van der Waals surface area contributed by atoms with Crippen LogP contribution in [-0.2, 0) is 23.8 Å². The molecule has 0 spiro atoms. The summed E-state index contributed by atoms with van der Waals surface area (Å²) in [4.78, 5) is 0.147. The average molecular weight is 258 g/mol. The van der Waals surface area contributed by atoms with Gasteiger partial charge in [0, 0.05) is 0 Å². The van der Waals surface area contributed by atoms with E-state index >= 15 is 0 Å². The van der Waals surface area contributed by atoms with Crippen molar-refractivity contribution in [3.8, 4) is 0 Å². The predicted molar refractivity (Wildman–Crippen MR) is 60.0 cm³/mol. The minimum absolute atomic E-state index is 0.147. The Balaban J connectivity index is 2.10. The predicted octanol–water partition coefficient (Wildman–Crippen LogP) is 1.07. The molecule has 94 valence electrons. The lowest BCUT2D eigenvalue weighted by atomic mass is 10.2. The molecule has 0 atom stereocenters. The normalized spacial score (nSPS) is 18.2. The Bertz CT molecular complexity index is 459. The van der Waals surface area contributed by atoms with Crippen molar-refractivity contribution in [2.24, 2.45) is 0 Å². The van der Waals surface area contributed by atoms with Crippen LogP contribution in [0.15, 0.2) is 29.2 Å². The zero-order valence-corrected chi connectivity index (χ0v) is 10.3. The SMILES string of the molecule is Cc1ccc(S(=O)(=O)OC2COCOC2)cc1. The highest BCUT2D eigenvalue weighted by molar-refractivity contribution is 7.86. The second-order valence-corrected chi connectivity index (χ2v) is 5.42. The maximum absolute atomic E-state index is 11.9. The summed E-state index contributed by atoms with van der Waals surface area (Å²) in [5, 5.41) is 0. The van der Waals surface area contributed by atoms with Gasteiger partial charge < -0.3 is 9.47 Å². The molecule has 5 nitrogen and oxygen atoms in total. The van der Waals surface area contributed by atoms with E-state index in [1.54, 1.807) is 12.1 Å². The molecule has 1 aliphatic rings. The molecular weight excluding hydrogens is 244 g/mol. The van der Waals surface area contributed by atoms with E-state index in [9.17, 15) is 8.42 Å². The van der Waals surface area contributed by atoms with E-state index in [-0.39, 0.29) is 24.9 Å². The molecule has 0 aliphatic carbocycles. The van der Waals surface area contributed by atoms with E-state index in [1.807, 2.05) is 6.92 Å². The smallest absolute Gasteiger partial charge is 0.297 e. The third-order valence-corrected chi connectivity index (χ3v) is 3.72. The molecule has 0 bridgehead atoms. The van der Waals surface area contributed by atoms with Crippen LogP contribution < -0.4 is 0 Å². The molecule has 0 amide bonds. The van der Waals surface area contributed by atoms with Gasteiger partial charge >= 0.3 is 0 Å². The van der Waals surface area contributed by atoms with E-state index in [0.717, 1.165) is 5.56 Å². The summed E-state index contributed by atoms with van der Waals surface area (Å²) in [6, 6.07) is 6.50. The number of rotatable bonds is 3. The lowest BCUT2D eigenvalue weighted by Crippen LogP contribution is -2.33. The molecule has 1 saturated heterocycles. The van der Waals surface area contributed by atoms with E-state index in [1.165, 1.54) is 12.1 Å². The first-order valence-corrected chi connectivity index (χ1v) is 6.64. The quantitative estimate of drug-likeness (QED) is 0.759. The Kier molecular flexibility index (Phi) is 3.78. The van der Waals surface area contributed by atoms with Gasteiger partial charge in [-0.2, -0.15) is 8.42 Å². The summed E-state index contributed by atoms with van der Waals surface area (Å²) in [6.45, 7) is 2.53. The molecule has 1 aromatic carbocycles. The second kappa shape index (κ2) is 5.14. The van der Waals surface area contributed by atoms with Crippen molar-refractivity contribution < 1.29 is 22.1 Å². The minimum atomic E-state index is -3.74. The summed E-state index contributed by atoms with van der Waals surface area (Å²) in [5.74, 6) is 0. The molecule has 1 aliphatic heterocycles. The van der Waals surface area contributed by atoms with E-state index in [0.29, 0.717) is 0 Å². The van der Waals surface area contributed by atoms with Crippen LogP contribution in [0.2, 0.25) is 0 Å². The fourth-order valence-electron chi connectivity index (χ4n) is 1.46. The second-order valence-electron chi connectivity index (χ2n) is 3.84.